The first-order valence-electron chi connectivity index (χ1n) is 6.01. The maximum atomic E-state index is 12.5. The second kappa shape index (κ2) is 4.97. The predicted octanol–water partition coefficient (Wildman–Crippen LogP) is 2.51. The van der Waals surface area contributed by atoms with Crippen LogP contribution in [0.4, 0.5) is 5.69 Å². The average molecular weight is 321 g/mol. The Kier molecular flexibility index (Phi) is 3.26. The van der Waals surface area contributed by atoms with Crippen molar-refractivity contribution >= 4 is 38.5 Å². The van der Waals surface area contributed by atoms with Gasteiger partial charge in [0.1, 0.15) is 21.7 Å². The second-order valence-electron chi connectivity index (χ2n) is 4.49. The molecule has 0 radical (unpaired) electrons. The lowest BCUT2D eigenvalue weighted by Gasteiger charge is -2.11. The maximum absolute atomic E-state index is 12.5. The van der Waals surface area contributed by atoms with Crippen LogP contribution in [0.5, 0.6) is 5.75 Å². The van der Waals surface area contributed by atoms with E-state index in [0.29, 0.717) is 22.3 Å². The van der Waals surface area contributed by atoms with Crippen molar-refractivity contribution in [2.75, 3.05) is 4.72 Å². The van der Waals surface area contributed by atoms with Crippen LogP contribution in [0.25, 0.3) is 11.0 Å². The largest absolute Gasteiger partial charge is 0.508 e. The zero-order chi connectivity index (χ0) is 15.0. The van der Waals surface area contributed by atoms with Gasteiger partial charge in [0.25, 0.3) is 10.0 Å². The highest BCUT2D eigenvalue weighted by Crippen LogP contribution is 2.26. The molecule has 0 fully saturated rings. The Balaban J connectivity index is 2.06. The lowest BCUT2D eigenvalue weighted by molar-refractivity contribution is 0.475. The first-order valence-corrected chi connectivity index (χ1v) is 8.22. The Hall–Kier alpha value is -2.19. The fraction of sp³-hybridized carbons (Fsp3) is 0.0769. The number of benzene rings is 2. The van der Waals surface area contributed by atoms with Gasteiger partial charge in [0.2, 0.25) is 0 Å². The monoisotopic (exact) mass is 321 g/mol. The molecule has 0 saturated heterocycles. The van der Waals surface area contributed by atoms with E-state index in [1.54, 1.807) is 19.1 Å². The van der Waals surface area contributed by atoms with Crippen LogP contribution < -0.4 is 4.72 Å². The summed E-state index contributed by atoms with van der Waals surface area (Å²) >= 11 is 0.969. The molecule has 3 rings (SSSR count). The van der Waals surface area contributed by atoms with Crippen molar-refractivity contribution < 1.29 is 13.5 Å². The minimum Gasteiger partial charge on any atom is -0.508 e. The number of rotatable bonds is 3. The Morgan fingerprint density at radius 3 is 2.76 bits per heavy atom. The van der Waals surface area contributed by atoms with Crippen LogP contribution in [0.2, 0.25) is 0 Å². The number of aromatic hydroxyl groups is 1. The van der Waals surface area contributed by atoms with Crippen molar-refractivity contribution in [2.24, 2.45) is 0 Å². The highest BCUT2D eigenvalue weighted by Gasteiger charge is 2.20. The van der Waals surface area contributed by atoms with Crippen molar-refractivity contribution in [2.45, 2.75) is 11.8 Å². The van der Waals surface area contributed by atoms with E-state index in [-0.39, 0.29) is 10.6 Å². The highest BCUT2D eigenvalue weighted by molar-refractivity contribution is 7.93. The van der Waals surface area contributed by atoms with Gasteiger partial charge < -0.3 is 5.11 Å². The van der Waals surface area contributed by atoms with E-state index in [1.807, 2.05) is 0 Å². The van der Waals surface area contributed by atoms with Crippen LogP contribution >= 0.6 is 11.7 Å². The Morgan fingerprint density at radius 1 is 1.19 bits per heavy atom. The third kappa shape index (κ3) is 2.55. The molecule has 0 amide bonds. The van der Waals surface area contributed by atoms with E-state index in [2.05, 4.69) is 13.5 Å². The van der Waals surface area contributed by atoms with Crippen molar-refractivity contribution in [1.29, 1.82) is 0 Å². The fourth-order valence-electron chi connectivity index (χ4n) is 1.96. The summed E-state index contributed by atoms with van der Waals surface area (Å²) in [7, 11) is -3.77. The van der Waals surface area contributed by atoms with E-state index in [0.717, 1.165) is 11.7 Å². The number of hydrogen-bond donors (Lipinski definition) is 2. The minimum atomic E-state index is -3.77. The van der Waals surface area contributed by atoms with E-state index < -0.39 is 10.0 Å². The summed E-state index contributed by atoms with van der Waals surface area (Å²) in [5, 5.41) is 9.37. The summed E-state index contributed by atoms with van der Waals surface area (Å²) in [6, 6.07) is 9.26. The summed E-state index contributed by atoms with van der Waals surface area (Å²) in [6.45, 7) is 1.71. The number of aryl methyl sites for hydroxylation is 1. The van der Waals surface area contributed by atoms with Crippen LogP contribution in [0.3, 0.4) is 0 Å². The topological polar surface area (TPSA) is 92.2 Å². The molecule has 0 aliphatic carbocycles. The smallest absolute Gasteiger partial charge is 0.264 e. The van der Waals surface area contributed by atoms with Crippen molar-refractivity contribution in [3.8, 4) is 5.75 Å². The molecule has 6 nitrogen and oxygen atoms in total. The number of hydrogen-bond acceptors (Lipinski definition) is 6. The van der Waals surface area contributed by atoms with Gasteiger partial charge in [-0.05, 0) is 42.8 Å². The van der Waals surface area contributed by atoms with Gasteiger partial charge in [0, 0.05) is 0 Å². The number of fused-ring (bicyclic) bond motifs is 1. The molecule has 21 heavy (non-hydrogen) atoms. The molecule has 1 aromatic heterocycles. The molecule has 108 valence electrons. The summed E-state index contributed by atoms with van der Waals surface area (Å²) in [6.07, 6.45) is 0. The van der Waals surface area contributed by atoms with Gasteiger partial charge in [-0.1, -0.05) is 6.07 Å². The van der Waals surface area contributed by atoms with Crippen LogP contribution in [-0.2, 0) is 10.0 Å². The lowest BCUT2D eigenvalue weighted by Crippen LogP contribution is -2.14. The molecular formula is C13H11N3O3S2. The van der Waals surface area contributed by atoms with Gasteiger partial charge in [-0.3, -0.25) is 4.72 Å². The molecule has 8 heteroatoms. The molecule has 0 bridgehead atoms. The molecule has 2 aromatic carbocycles. The number of sulfonamides is 1. The molecule has 2 N–H and O–H groups in total. The molecule has 0 unspecified atom stereocenters. The lowest BCUT2D eigenvalue weighted by atomic mass is 10.2. The molecular weight excluding hydrogens is 310 g/mol. The van der Waals surface area contributed by atoms with Crippen LogP contribution in [0.15, 0.2) is 41.3 Å². The van der Waals surface area contributed by atoms with Gasteiger partial charge >= 0.3 is 0 Å². The van der Waals surface area contributed by atoms with E-state index in [1.165, 1.54) is 24.3 Å². The summed E-state index contributed by atoms with van der Waals surface area (Å²) < 4.78 is 35.6. The number of nitrogens with zero attached hydrogens (tertiary/aromatic N) is 2. The van der Waals surface area contributed by atoms with Crippen molar-refractivity contribution in [1.82, 2.24) is 8.75 Å². The molecule has 1 heterocycles. The minimum absolute atomic E-state index is 0.0845. The van der Waals surface area contributed by atoms with Gasteiger partial charge in [-0.15, -0.1) is 0 Å². The Labute approximate surface area is 125 Å². The number of aromatic nitrogens is 2. The second-order valence-corrected chi connectivity index (χ2v) is 6.67. The van der Waals surface area contributed by atoms with E-state index >= 15 is 0 Å². The molecule has 0 spiro atoms. The number of phenols is 1. The highest BCUT2D eigenvalue weighted by atomic mass is 32.2. The predicted molar refractivity (Wildman–Crippen MR) is 81.1 cm³/mol. The first-order chi connectivity index (χ1) is 9.97. The number of anilines is 1. The molecule has 0 saturated carbocycles. The SMILES string of the molecule is Cc1cc(O)ccc1NS(=O)(=O)c1cccc2nsnc12. The Bertz CT molecular complexity index is 919. The normalized spacial score (nSPS) is 11.7. The number of nitrogens with one attached hydrogen (secondary N) is 1. The van der Waals surface area contributed by atoms with Crippen LogP contribution in [0, 0.1) is 6.92 Å². The first kappa shape index (κ1) is 13.8. The van der Waals surface area contributed by atoms with Gasteiger partial charge in [0.05, 0.1) is 17.4 Å². The molecule has 0 atom stereocenters. The van der Waals surface area contributed by atoms with Crippen LogP contribution in [0.1, 0.15) is 5.56 Å². The fourth-order valence-corrected chi connectivity index (χ4v) is 3.86. The van der Waals surface area contributed by atoms with E-state index in [9.17, 15) is 13.5 Å². The zero-order valence-electron chi connectivity index (χ0n) is 10.9. The van der Waals surface area contributed by atoms with Gasteiger partial charge in [-0.25, -0.2) is 8.42 Å². The van der Waals surface area contributed by atoms with Crippen molar-refractivity contribution in [3.63, 3.8) is 0 Å². The van der Waals surface area contributed by atoms with Crippen LogP contribution in [-0.4, -0.2) is 22.3 Å². The van der Waals surface area contributed by atoms with Crippen molar-refractivity contribution in [3.05, 3.63) is 42.0 Å². The summed E-state index contributed by atoms with van der Waals surface area (Å²) in [5.41, 5.74) is 1.94. The summed E-state index contributed by atoms with van der Waals surface area (Å²) in [5.74, 6) is 0.0845. The quantitative estimate of drug-likeness (QED) is 0.723. The molecule has 0 aliphatic heterocycles. The maximum Gasteiger partial charge on any atom is 0.264 e. The van der Waals surface area contributed by atoms with Gasteiger partial charge in [-0.2, -0.15) is 8.75 Å². The average Bonchev–Trinajstić information content (AvgIpc) is 2.90. The standard InChI is InChI=1S/C13H11N3O3S2/c1-8-7-9(17)5-6-10(8)16-21(18,19)12-4-2-3-11-13(12)15-20-14-11/h2-7,16-17H,1H3. The molecule has 0 aliphatic rings. The van der Waals surface area contributed by atoms with E-state index in [4.69, 9.17) is 0 Å². The third-order valence-corrected chi connectivity index (χ3v) is 4.93. The molecule has 3 aromatic rings. The number of phenolic OH excluding ortho intramolecular Hbond substituents is 1. The zero-order valence-corrected chi connectivity index (χ0v) is 12.6. The third-order valence-electron chi connectivity index (χ3n) is 2.99. The van der Waals surface area contributed by atoms with Gasteiger partial charge in [0.15, 0.2) is 0 Å². The Morgan fingerprint density at radius 2 is 2.00 bits per heavy atom. The summed E-state index contributed by atoms with van der Waals surface area (Å²) in [4.78, 5) is 0.0845.